The maximum atomic E-state index is 2.56. The topological polar surface area (TPSA) is 6.48 Å². The number of thiol groups is 1. The lowest BCUT2D eigenvalue weighted by atomic mass is 9.75. The van der Waals surface area contributed by atoms with E-state index in [4.69, 9.17) is 0 Å². The first kappa shape index (κ1) is 24.8. The molecule has 3 aliphatic rings. The molecular formula is C28H33IN2S2. The van der Waals surface area contributed by atoms with Gasteiger partial charge in [0.25, 0.3) is 0 Å². The zero-order chi connectivity index (χ0) is 22.3. The SMILES string of the molecule is CCN1/C(=C/C2=CC(=C\C3[SH+]c4ccccc4N3CC)/CC(C)(C)C2)Sc2ccccc21.[I-]. The molecule has 2 aromatic carbocycles. The Kier molecular flexibility index (Phi) is 7.61. The third-order valence-corrected chi connectivity index (χ3v) is 8.94. The first-order chi connectivity index (χ1) is 15.5. The van der Waals surface area contributed by atoms with Gasteiger partial charge < -0.3 is 33.8 Å². The molecule has 0 bridgehead atoms. The Labute approximate surface area is 224 Å². The molecule has 2 heterocycles. The normalized spacial score (nSPS) is 23.4. The van der Waals surface area contributed by atoms with Crippen molar-refractivity contribution in [3.8, 4) is 0 Å². The fraction of sp³-hybridized carbons (Fsp3) is 0.357. The second kappa shape index (κ2) is 10.1. The lowest BCUT2D eigenvalue weighted by Gasteiger charge is -2.31. The predicted molar refractivity (Wildman–Crippen MR) is 143 cm³/mol. The van der Waals surface area contributed by atoms with Crippen LogP contribution in [0.5, 0.6) is 0 Å². The number of para-hydroxylation sites is 2. The fourth-order valence-electron chi connectivity index (χ4n) is 5.20. The minimum atomic E-state index is 0. The van der Waals surface area contributed by atoms with Crippen LogP contribution >= 0.6 is 11.8 Å². The van der Waals surface area contributed by atoms with Crippen molar-refractivity contribution in [2.45, 2.75) is 55.7 Å². The highest BCUT2D eigenvalue weighted by Crippen LogP contribution is 2.47. The van der Waals surface area contributed by atoms with E-state index in [1.807, 2.05) is 11.8 Å². The molecule has 174 valence electrons. The van der Waals surface area contributed by atoms with Crippen LogP contribution < -0.4 is 33.8 Å². The Bertz CT molecular complexity index is 1120. The summed E-state index contributed by atoms with van der Waals surface area (Å²) in [5.74, 6) is 0. The first-order valence-corrected chi connectivity index (χ1v) is 13.5. The number of fused-ring (bicyclic) bond motifs is 2. The molecule has 0 radical (unpaired) electrons. The number of allylic oxidation sites excluding steroid dienone is 4. The smallest absolute Gasteiger partial charge is 0.213 e. The predicted octanol–water partition coefficient (Wildman–Crippen LogP) is 4.18. The van der Waals surface area contributed by atoms with E-state index in [2.05, 4.69) is 104 Å². The third-order valence-electron chi connectivity index (χ3n) is 6.48. The lowest BCUT2D eigenvalue weighted by molar-refractivity contribution is -0.00000700. The van der Waals surface area contributed by atoms with Crippen molar-refractivity contribution in [2.24, 2.45) is 5.41 Å². The van der Waals surface area contributed by atoms with E-state index in [1.54, 1.807) is 0 Å². The van der Waals surface area contributed by atoms with Gasteiger partial charge in [0.1, 0.15) is 0 Å². The molecule has 0 fully saturated rings. The van der Waals surface area contributed by atoms with Crippen LogP contribution in [0.1, 0.15) is 40.5 Å². The van der Waals surface area contributed by atoms with Crippen molar-refractivity contribution in [1.29, 1.82) is 0 Å². The molecule has 1 aliphatic carbocycles. The second-order valence-electron chi connectivity index (χ2n) is 9.59. The van der Waals surface area contributed by atoms with E-state index in [0.29, 0.717) is 5.37 Å². The number of nitrogens with zero attached hydrogens (tertiary/aromatic N) is 2. The molecule has 0 aromatic heterocycles. The van der Waals surface area contributed by atoms with E-state index < -0.39 is 0 Å². The summed E-state index contributed by atoms with van der Waals surface area (Å²) in [6, 6.07) is 17.7. The van der Waals surface area contributed by atoms with Gasteiger partial charge >= 0.3 is 0 Å². The van der Waals surface area contributed by atoms with Crippen LogP contribution in [0.3, 0.4) is 0 Å². The molecule has 0 N–H and O–H groups in total. The van der Waals surface area contributed by atoms with Crippen LogP contribution in [0, 0.1) is 5.41 Å². The molecule has 2 aromatic rings. The number of thioether (sulfide) groups is 1. The summed E-state index contributed by atoms with van der Waals surface area (Å²) >= 11 is 3.32. The molecule has 33 heavy (non-hydrogen) atoms. The Morgan fingerprint density at radius 2 is 1.73 bits per heavy atom. The molecule has 0 amide bonds. The zero-order valence-corrected chi connectivity index (χ0v) is 23.8. The Morgan fingerprint density at radius 1 is 1.00 bits per heavy atom. The van der Waals surface area contributed by atoms with Crippen molar-refractivity contribution >= 4 is 34.9 Å². The average Bonchev–Trinajstić information content (AvgIpc) is 3.28. The molecule has 0 saturated carbocycles. The van der Waals surface area contributed by atoms with Gasteiger partial charge in [0.15, 0.2) is 4.90 Å². The Hall–Kier alpha value is -1.31. The molecule has 0 spiro atoms. The largest absolute Gasteiger partial charge is 1.00 e. The van der Waals surface area contributed by atoms with Gasteiger partial charge in [-0.25, -0.2) is 0 Å². The van der Waals surface area contributed by atoms with Gasteiger partial charge in [-0.05, 0) is 79.7 Å². The highest BCUT2D eigenvalue weighted by Gasteiger charge is 2.36. The first-order valence-electron chi connectivity index (χ1n) is 11.7. The summed E-state index contributed by atoms with van der Waals surface area (Å²) in [5, 5.41) is 1.79. The molecule has 1 unspecified atom stereocenters. The van der Waals surface area contributed by atoms with Crippen LogP contribution in [0.15, 0.2) is 92.7 Å². The van der Waals surface area contributed by atoms with Crippen LogP contribution in [0.4, 0.5) is 11.4 Å². The lowest BCUT2D eigenvalue weighted by Crippen LogP contribution is -3.00. The highest BCUT2D eigenvalue weighted by molar-refractivity contribution is 8.03. The van der Waals surface area contributed by atoms with E-state index in [1.165, 1.54) is 49.1 Å². The standard InChI is InChI=1S/C28H32N2S2.HI/c1-5-29-22-11-7-9-13-24(22)31-26(29)16-20-15-21(19-28(3,4)18-20)17-27-30(6-2)23-12-8-10-14-25(23)32-27;/h7-17,26H,5-6,18-19H2,1-4H3;1H/b20-16+,27-17-;. The quantitative estimate of drug-likeness (QED) is 0.301. The van der Waals surface area contributed by atoms with Gasteiger partial charge in [0.05, 0.1) is 16.4 Å². The monoisotopic (exact) mass is 588 g/mol. The Morgan fingerprint density at radius 3 is 2.48 bits per heavy atom. The molecule has 5 rings (SSSR count). The summed E-state index contributed by atoms with van der Waals surface area (Å²) in [5.41, 5.74) is 5.97. The molecular weight excluding hydrogens is 555 g/mol. The van der Waals surface area contributed by atoms with E-state index in [0.717, 1.165) is 25.9 Å². The van der Waals surface area contributed by atoms with Crippen LogP contribution in [-0.2, 0) is 11.8 Å². The number of hydrogen-bond acceptors (Lipinski definition) is 3. The van der Waals surface area contributed by atoms with Gasteiger partial charge in [-0.1, -0.05) is 56.0 Å². The summed E-state index contributed by atoms with van der Waals surface area (Å²) in [6.07, 6.45) is 9.73. The maximum absolute atomic E-state index is 2.56. The maximum Gasteiger partial charge on any atom is 0.213 e. The fourth-order valence-corrected chi connectivity index (χ4v) is 7.89. The number of likely N-dealkylation sites (N-methyl/N-ethyl adjacent to an activating group) is 1. The van der Waals surface area contributed by atoms with Gasteiger partial charge in [0.2, 0.25) is 5.37 Å². The summed E-state index contributed by atoms with van der Waals surface area (Å²) in [4.78, 5) is 7.83. The Balaban J connectivity index is 0.00000259. The summed E-state index contributed by atoms with van der Waals surface area (Å²) in [7, 11) is 0. The van der Waals surface area contributed by atoms with Crippen LogP contribution in [0.2, 0.25) is 0 Å². The molecule has 5 heteroatoms. The van der Waals surface area contributed by atoms with Crippen molar-refractivity contribution in [3.05, 3.63) is 82.9 Å². The van der Waals surface area contributed by atoms with Gasteiger partial charge in [-0.2, -0.15) is 0 Å². The number of anilines is 2. The van der Waals surface area contributed by atoms with Gasteiger partial charge in [0, 0.05) is 29.7 Å². The van der Waals surface area contributed by atoms with Gasteiger partial charge in [-0.3, -0.25) is 0 Å². The van der Waals surface area contributed by atoms with Crippen LogP contribution in [-0.4, -0.2) is 18.5 Å². The minimum absolute atomic E-state index is 0. The molecule has 1 atom stereocenters. The van der Waals surface area contributed by atoms with Crippen molar-refractivity contribution in [1.82, 2.24) is 0 Å². The second-order valence-corrected chi connectivity index (χ2v) is 11.9. The number of halogens is 1. The minimum Gasteiger partial charge on any atom is -1.00 e. The third kappa shape index (κ3) is 5.06. The summed E-state index contributed by atoms with van der Waals surface area (Å²) < 4.78 is 0. The average molecular weight is 589 g/mol. The molecule has 2 aliphatic heterocycles. The zero-order valence-electron chi connectivity index (χ0n) is 19.9. The summed E-state index contributed by atoms with van der Waals surface area (Å²) in [6.45, 7) is 11.4. The van der Waals surface area contributed by atoms with Crippen molar-refractivity contribution in [3.63, 3.8) is 0 Å². The van der Waals surface area contributed by atoms with Crippen molar-refractivity contribution < 1.29 is 24.0 Å². The number of hydrogen-bond donors (Lipinski definition) is 0. The van der Waals surface area contributed by atoms with E-state index in [9.17, 15) is 0 Å². The number of rotatable bonds is 4. The van der Waals surface area contributed by atoms with E-state index in [-0.39, 0.29) is 29.4 Å². The van der Waals surface area contributed by atoms with Gasteiger partial charge in [-0.15, -0.1) is 0 Å². The number of benzene rings is 2. The van der Waals surface area contributed by atoms with Crippen molar-refractivity contribution in [2.75, 3.05) is 22.9 Å². The highest BCUT2D eigenvalue weighted by atomic mass is 127. The molecule has 0 saturated heterocycles. The van der Waals surface area contributed by atoms with Crippen LogP contribution in [0.25, 0.3) is 0 Å². The molecule has 2 nitrogen and oxygen atoms in total. The van der Waals surface area contributed by atoms with E-state index >= 15 is 0 Å².